The maximum absolute atomic E-state index is 6.41. The van der Waals surface area contributed by atoms with Gasteiger partial charge < -0.3 is 4.42 Å². The zero-order valence-electron chi connectivity index (χ0n) is 11.2. The third kappa shape index (κ3) is 1.64. The molecule has 0 radical (unpaired) electrons. The Hall–Kier alpha value is -1.55. The molecular formula is C18H8BrClOS. The Morgan fingerprint density at radius 1 is 0.955 bits per heavy atom. The molecule has 1 nitrogen and oxygen atoms in total. The van der Waals surface area contributed by atoms with Crippen molar-refractivity contribution in [1.29, 1.82) is 0 Å². The van der Waals surface area contributed by atoms with Crippen molar-refractivity contribution >= 4 is 81.0 Å². The monoisotopic (exact) mass is 386 g/mol. The highest BCUT2D eigenvalue weighted by Crippen LogP contribution is 2.44. The SMILES string of the molecule is Clc1cc(Br)cc2c1sc1ccc3c4ccccc4oc3c12. The van der Waals surface area contributed by atoms with Crippen LogP contribution in [-0.2, 0) is 0 Å². The van der Waals surface area contributed by atoms with Crippen LogP contribution in [0.4, 0.5) is 0 Å². The van der Waals surface area contributed by atoms with Crippen molar-refractivity contribution in [3.63, 3.8) is 0 Å². The Morgan fingerprint density at radius 3 is 2.73 bits per heavy atom. The summed E-state index contributed by atoms with van der Waals surface area (Å²) in [5.41, 5.74) is 1.87. The van der Waals surface area contributed by atoms with Crippen molar-refractivity contribution in [3.05, 3.63) is 58.0 Å². The molecule has 0 fully saturated rings. The van der Waals surface area contributed by atoms with Crippen LogP contribution in [0.15, 0.2) is 57.4 Å². The molecule has 0 bridgehead atoms. The van der Waals surface area contributed by atoms with E-state index in [4.69, 9.17) is 16.0 Å². The van der Waals surface area contributed by atoms with Crippen LogP contribution in [0.1, 0.15) is 0 Å². The third-order valence-corrected chi connectivity index (χ3v) is 6.07. The Labute approximate surface area is 143 Å². The van der Waals surface area contributed by atoms with Crippen molar-refractivity contribution in [1.82, 2.24) is 0 Å². The van der Waals surface area contributed by atoms with E-state index in [9.17, 15) is 0 Å². The summed E-state index contributed by atoms with van der Waals surface area (Å²) in [6.07, 6.45) is 0. The lowest BCUT2D eigenvalue weighted by Gasteiger charge is -1.97. The number of benzene rings is 3. The summed E-state index contributed by atoms with van der Waals surface area (Å²) >= 11 is 11.7. The highest BCUT2D eigenvalue weighted by Gasteiger charge is 2.16. The summed E-state index contributed by atoms with van der Waals surface area (Å²) in [6, 6.07) is 16.5. The number of halogens is 2. The number of furan rings is 1. The van der Waals surface area contributed by atoms with Gasteiger partial charge in [-0.15, -0.1) is 11.3 Å². The van der Waals surface area contributed by atoms with Crippen molar-refractivity contribution in [2.75, 3.05) is 0 Å². The second kappa shape index (κ2) is 4.48. The predicted octanol–water partition coefficient (Wildman–Crippen LogP) is 7.37. The van der Waals surface area contributed by atoms with Gasteiger partial charge in [-0.2, -0.15) is 0 Å². The van der Waals surface area contributed by atoms with Crippen LogP contribution >= 0.6 is 38.9 Å². The molecular weight excluding hydrogens is 380 g/mol. The molecule has 106 valence electrons. The van der Waals surface area contributed by atoms with Crippen LogP contribution < -0.4 is 0 Å². The van der Waals surface area contributed by atoms with Crippen LogP contribution in [0.25, 0.3) is 42.1 Å². The largest absolute Gasteiger partial charge is 0.455 e. The van der Waals surface area contributed by atoms with E-state index in [1.807, 2.05) is 24.3 Å². The van der Waals surface area contributed by atoms with E-state index in [1.54, 1.807) is 11.3 Å². The topological polar surface area (TPSA) is 13.1 Å². The van der Waals surface area contributed by atoms with E-state index in [-0.39, 0.29) is 0 Å². The minimum atomic E-state index is 0.773. The Kier molecular flexibility index (Phi) is 2.63. The van der Waals surface area contributed by atoms with E-state index in [0.717, 1.165) is 46.9 Å². The smallest absolute Gasteiger partial charge is 0.144 e. The zero-order chi connectivity index (χ0) is 14.8. The lowest BCUT2D eigenvalue weighted by molar-refractivity contribution is 0.673. The number of hydrogen-bond donors (Lipinski definition) is 0. The molecule has 0 aliphatic carbocycles. The third-order valence-electron chi connectivity index (χ3n) is 4.00. The van der Waals surface area contributed by atoms with Crippen molar-refractivity contribution in [2.24, 2.45) is 0 Å². The Morgan fingerprint density at radius 2 is 1.82 bits per heavy atom. The molecule has 0 amide bonds. The van der Waals surface area contributed by atoms with E-state index in [1.165, 1.54) is 4.70 Å². The number of hydrogen-bond acceptors (Lipinski definition) is 2. The first kappa shape index (κ1) is 12.9. The first-order chi connectivity index (χ1) is 10.7. The lowest BCUT2D eigenvalue weighted by Crippen LogP contribution is -1.71. The number of rotatable bonds is 0. The lowest BCUT2D eigenvalue weighted by atomic mass is 10.1. The second-order valence-electron chi connectivity index (χ2n) is 5.28. The number of para-hydroxylation sites is 1. The van der Waals surface area contributed by atoms with Gasteiger partial charge in [-0.3, -0.25) is 0 Å². The maximum Gasteiger partial charge on any atom is 0.144 e. The average molecular weight is 388 g/mol. The first-order valence-electron chi connectivity index (χ1n) is 6.84. The van der Waals surface area contributed by atoms with E-state index in [2.05, 4.69) is 40.2 Å². The van der Waals surface area contributed by atoms with E-state index >= 15 is 0 Å². The zero-order valence-corrected chi connectivity index (χ0v) is 14.3. The number of thiophene rings is 1. The summed E-state index contributed by atoms with van der Waals surface area (Å²) in [7, 11) is 0. The summed E-state index contributed by atoms with van der Waals surface area (Å²) < 4.78 is 9.44. The average Bonchev–Trinajstić information content (AvgIpc) is 3.05. The van der Waals surface area contributed by atoms with Gasteiger partial charge in [-0.1, -0.05) is 45.7 Å². The van der Waals surface area contributed by atoms with Crippen molar-refractivity contribution in [3.8, 4) is 0 Å². The molecule has 0 saturated heterocycles. The van der Waals surface area contributed by atoms with Crippen molar-refractivity contribution < 1.29 is 4.42 Å². The van der Waals surface area contributed by atoms with Crippen LogP contribution in [0, 0.1) is 0 Å². The van der Waals surface area contributed by atoms with Gasteiger partial charge >= 0.3 is 0 Å². The molecule has 0 aliphatic rings. The molecule has 0 saturated carbocycles. The fraction of sp³-hybridized carbons (Fsp3) is 0. The van der Waals surface area contributed by atoms with Gasteiger partial charge in [-0.05, 0) is 30.3 Å². The van der Waals surface area contributed by atoms with Gasteiger partial charge in [0.15, 0.2) is 0 Å². The molecule has 5 rings (SSSR count). The normalized spacial score (nSPS) is 12.1. The molecule has 22 heavy (non-hydrogen) atoms. The summed E-state index contributed by atoms with van der Waals surface area (Å²) in [5.74, 6) is 0. The molecule has 0 aliphatic heterocycles. The maximum atomic E-state index is 6.41. The van der Waals surface area contributed by atoms with Crippen LogP contribution in [0.2, 0.25) is 5.02 Å². The molecule has 2 heterocycles. The van der Waals surface area contributed by atoms with Gasteiger partial charge in [0.25, 0.3) is 0 Å². The summed E-state index contributed by atoms with van der Waals surface area (Å²) in [6.45, 7) is 0. The highest BCUT2D eigenvalue weighted by molar-refractivity contribution is 9.10. The quantitative estimate of drug-likeness (QED) is 0.270. The highest BCUT2D eigenvalue weighted by atomic mass is 79.9. The molecule has 0 spiro atoms. The first-order valence-corrected chi connectivity index (χ1v) is 8.82. The van der Waals surface area contributed by atoms with Crippen LogP contribution in [0.5, 0.6) is 0 Å². The molecule has 5 aromatic rings. The van der Waals surface area contributed by atoms with Gasteiger partial charge in [0.1, 0.15) is 11.2 Å². The molecule has 4 heteroatoms. The van der Waals surface area contributed by atoms with Crippen LogP contribution in [0.3, 0.4) is 0 Å². The van der Waals surface area contributed by atoms with Gasteiger partial charge in [0.2, 0.25) is 0 Å². The summed E-state index contributed by atoms with van der Waals surface area (Å²) in [4.78, 5) is 0. The van der Waals surface area contributed by atoms with Gasteiger partial charge in [0, 0.05) is 30.7 Å². The molecule has 0 N–H and O–H groups in total. The van der Waals surface area contributed by atoms with E-state index in [0.29, 0.717) is 0 Å². The predicted molar refractivity (Wildman–Crippen MR) is 99.3 cm³/mol. The fourth-order valence-corrected chi connectivity index (χ4v) is 5.08. The standard InChI is InChI=1S/C18H8BrClOS/c19-9-7-12-16-15(22-18(12)13(20)8-9)6-5-11-10-3-1-2-4-14(10)21-17(11)16/h1-8H. The Bertz CT molecular complexity index is 1200. The number of fused-ring (bicyclic) bond motifs is 7. The van der Waals surface area contributed by atoms with Crippen molar-refractivity contribution in [2.45, 2.75) is 0 Å². The molecule has 0 atom stereocenters. The summed E-state index contributed by atoms with van der Waals surface area (Å²) in [5, 5.41) is 5.37. The fourth-order valence-electron chi connectivity index (χ4n) is 3.07. The second-order valence-corrected chi connectivity index (χ2v) is 7.66. The molecule has 0 unspecified atom stereocenters. The molecule has 3 aromatic carbocycles. The van der Waals surface area contributed by atoms with Gasteiger partial charge in [0.05, 0.1) is 9.72 Å². The van der Waals surface area contributed by atoms with Crippen LogP contribution in [-0.4, -0.2) is 0 Å². The van der Waals surface area contributed by atoms with Gasteiger partial charge in [-0.25, -0.2) is 0 Å². The minimum absolute atomic E-state index is 0.773. The Balaban J connectivity index is 2.11. The van der Waals surface area contributed by atoms with E-state index < -0.39 is 0 Å². The minimum Gasteiger partial charge on any atom is -0.455 e. The molecule has 2 aromatic heterocycles.